The van der Waals surface area contributed by atoms with E-state index in [0.717, 1.165) is 18.0 Å². The molecule has 0 amide bonds. The largest absolute Gasteiger partial charge is 0.298 e. The van der Waals surface area contributed by atoms with Gasteiger partial charge in [-0.1, -0.05) is 19.8 Å². The Morgan fingerprint density at radius 2 is 1.69 bits per heavy atom. The van der Waals surface area contributed by atoms with Crippen molar-refractivity contribution in [3.63, 3.8) is 0 Å². The maximum absolute atomic E-state index is 2.76. The van der Waals surface area contributed by atoms with E-state index in [2.05, 4.69) is 30.6 Å². The summed E-state index contributed by atoms with van der Waals surface area (Å²) in [6.45, 7) is 12.2. The molecule has 1 saturated carbocycles. The first-order valence-corrected chi connectivity index (χ1v) is 7.15. The van der Waals surface area contributed by atoms with Crippen molar-refractivity contribution >= 4 is 0 Å². The maximum atomic E-state index is 2.76. The molecule has 1 aliphatic heterocycles. The minimum Gasteiger partial charge on any atom is -0.298 e. The van der Waals surface area contributed by atoms with Crippen molar-refractivity contribution in [1.82, 2.24) is 9.80 Å². The van der Waals surface area contributed by atoms with E-state index in [1.54, 1.807) is 0 Å². The van der Waals surface area contributed by atoms with E-state index in [1.165, 1.54) is 51.9 Å². The van der Waals surface area contributed by atoms with Crippen LogP contribution in [0.2, 0.25) is 0 Å². The second-order valence-electron chi connectivity index (χ2n) is 6.09. The number of rotatable bonds is 2. The van der Waals surface area contributed by atoms with Crippen LogP contribution in [0.1, 0.15) is 46.5 Å². The summed E-state index contributed by atoms with van der Waals surface area (Å²) in [6.07, 6.45) is 5.81. The minimum atomic E-state index is 0.729. The molecule has 2 aliphatic rings. The molecule has 0 aromatic heterocycles. The van der Waals surface area contributed by atoms with Gasteiger partial charge in [-0.2, -0.15) is 0 Å². The molecule has 1 saturated heterocycles. The van der Waals surface area contributed by atoms with E-state index in [0.29, 0.717) is 0 Å². The summed E-state index contributed by atoms with van der Waals surface area (Å²) in [5.74, 6) is 0.960. The van der Waals surface area contributed by atoms with Crippen molar-refractivity contribution in [2.75, 3.05) is 26.2 Å². The van der Waals surface area contributed by atoms with Crippen molar-refractivity contribution in [1.29, 1.82) is 0 Å². The lowest BCUT2D eigenvalue weighted by molar-refractivity contribution is 0.0561. The van der Waals surface area contributed by atoms with Gasteiger partial charge in [0.25, 0.3) is 0 Å². The first-order chi connectivity index (χ1) is 7.66. The molecule has 0 unspecified atom stereocenters. The molecule has 2 heteroatoms. The van der Waals surface area contributed by atoms with Crippen molar-refractivity contribution in [2.45, 2.75) is 58.5 Å². The fraction of sp³-hybridized carbons (Fsp3) is 1.00. The van der Waals surface area contributed by atoms with E-state index in [-0.39, 0.29) is 0 Å². The van der Waals surface area contributed by atoms with Gasteiger partial charge in [-0.05, 0) is 32.6 Å². The van der Waals surface area contributed by atoms with Gasteiger partial charge in [0.05, 0.1) is 0 Å². The van der Waals surface area contributed by atoms with Crippen LogP contribution in [-0.4, -0.2) is 48.1 Å². The van der Waals surface area contributed by atoms with Crippen LogP contribution >= 0.6 is 0 Å². The Morgan fingerprint density at radius 1 is 1.00 bits per heavy atom. The zero-order valence-corrected chi connectivity index (χ0v) is 11.3. The lowest BCUT2D eigenvalue weighted by Crippen LogP contribution is -2.52. The Hall–Kier alpha value is -0.0800. The average molecular weight is 224 g/mol. The normalized spacial score (nSPS) is 34.5. The highest BCUT2D eigenvalue weighted by Crippen LogP contribution is 2.27. The highest BCUT2D eigenvalue weighted by Gasteiger charge is 2.27. The molecule has 2 fully saturated rings. The summed E-state index contributed by atoms with van der Waals surface area (Å²) in [5.41, 5.74) is 0. The van der Waals surface area contributed by atoms with Gasteiger partial charge < -0.3 is 0 Å². The predicted octanol–water partition coefficient (Wildman–Crippen LogP) is 2.59. The van der Waals surface area contributed by atoms with Gasteiger partial charge in [-0.25, -0.2) is 0 Å². The Bertz CT molecular complexity index is 207. The van der Waals surface area contributed by atoms with Crippen molar-refractivity contribution in [3.05, 3.63) is 0 Å². The fourth-order valence-corrected chi connectivity index (χ4v) is 3.35. The number of piperazine rings is 1. The number of hydrogen-bond donors (Lipinski definition) is 0. The molecule has 0 N–H and O–H groups in total. The van der Waals surface area contributed by atoms with Crippen LogP contribution in [0.3, 0.4) is 0 Å². The molecule has 0 aromatic rings. The van der Waals surface area contributed by atoms with Crippen LogP contribution in [0.15, 0.2) is 0 Å². The first-order valence-electron chi connectivity index (χ1n) is 7.15. The van der Waals surface area contributed by atoms with Gasteiger partial charge in [0.2, 0.25) is 0 Å². The summed E-state index contributed by atoms with van der Waals surface area (Å²) in [5, 5.41) is 0. The van der Waals surface area contributed by atoms with E-state index >= 15 is 0 Å². The Labute approximate surface area is 101 Å². The lowest BCUT2D eigenvalue weighted by Gasteiger charge is -2.43. The summed E-state index contributed by atoms with van der Waals surface area (Å²) < 4.78 is 0. The van der Waals surface area contributed by atoms with Crippen LogP contribution in [0.25, 0.3) is 0 Å². The molecule has 2 nitrogen and oxygen atoms in total. The molecule has 16 heavy (non-hydrogen) atoms. The molecule has 2 rings (SSSR count). The topological polar surface area (TPSA) is 6.48 Å². The SMILES string of the molecule is CC(C)N1CCN([C@@H]2CCC[C@@H](C)C2)CC1. The van der Waals surface area contributed by atoms with Gasteiger partial charge in [-0.3, -0.25) is 9.80 Å². The summed E-state index contributed by atoms with van der Waals surface area (Å²) >= 11 is 0. The van der Waals surface area contributed by atoms with Crippen LogP contribution < -0.4 is 0 Å². The van der Waals surface area contributed by atoms with E-state index in [1.807, 2.05) is 0 Å². The van der Waals surface area contributed by atoms with Gasteiger partial charge in [0.15, 0.2) is 0 Å². The lowest BCUT2D eigenvalue weighted by atomic mass is 9.86. The van der Waals surface area contributed by atoms with Gasteiger partial charge >= 0.3 is 0 Å². The van der Waals surface area contributed by atoms with Crippen molar-refractivity contribution < 1.29 is 0 Å². The third-order valence-electron chi connectivity index (χ3n) is 4.50. The van der Waals surface area contributed by atoms with Crippen LogP contribution in [0.5, 0.6) is 0 Å². The van der Waals surface area contributed by atoms with E-state index in [4.69, 9.17) is 0 Å². The van der Waals surface area contributed by atoms with Crippen LogP contribution in [-0.2, 0) is 0 Å². The summed E-state index contributed by atoms with van der Waals surface area (Å²) in [6, 6.07) is 1.63. The fourth-order valence-electron chi connectivity index (χ4n) is 3.35. The van der Waals surface area contributed by atoms with Crippen molar-refractivity contribution in [3.8, 4) is 0 Å². The highest BCUT2D eigenvalue weighted by molar-refractivity contribution is 4.83. The zero-order valence-electron chi connectivity index (χ0n) is 11.3. The highest BCUT2D eigenvalue weighted by atomic mass is 15.3. The van der Waals surface area contributed by atoms with Gasteiger partial charge in [0.1, 0.15) is 0 Å². The third kappa shape index (κ3) is 2.98. The predicted molar refractivity (Wildman–Crippen MR) is 69.7 cm³/mol. The van der Waals surface area contributed by atoms with Crippen LogP contribution in [0.4, 0.5) is 0 Å². The second kappa shape index (κ2) is 5.50. The number of hydrogen-bond acceptors (Lipinski definition) is 2. The maximum Gasteiger partial charge on any atom is 0.0113 e. The molecule has 0 aromatic carbocycles. The van der Waals surface area contributed by atoms with E-state index < -0.39 is 0 Å². The summed E-state index contributed by atoms with van der Waals surface area (Å²) in [7, 11) is 0. The van der Waals surface area contributed by atoms with Gasteiger partial charge in [0, 0.05) is 38.3 Å². The third-order valence-corrected chi connectivity index (χ3v) is 4.50. The Morgan fingerprint density at radius 3 is 2.25 bits per heavy atom. The van der Waals surface area contributed by atoms with Crippen molar-refractivity contribution in [2.24, 2.45) is 5.92 Å². The second-order valence-corrected chi connectivity index (χ2v) is 6.09. The van der Waals surface area contributed by atoms with Gasteiger partial charge in [-0.15, -0.1) is 0 Å². The zero-order chi connectivity index (χ0) is 11.5. The molecular weight excluding hydrogens is 196 g/mol. The molecule has 1 aliphatic carbocycles. The number of nitrogens with zero attached hydrogens (tertiary/aromatic N) is 2. The molecule has 0 bridgehead atoms. The molecule has 0 spiro atoms. The molecule has 94 valence electrons. The average Bonchev–Trinajstić information content (AvgIpc) is 2.29. The summed E-state index contributed by atoms with van der Waals surface area (Å²) in [4.78, 5) is 5.37. The standard InChI is InChI=1S/C14H28N2/c1-12(2)15-7-9-16(10-8-15)14-6-4-5-13(3)11-14/h12-14H,4-11H2,1-3H3/t13-,14-/m1/s1. The monoisotopic (exact) mass is 224 g/mol. The first kappa shape index (κ1) is 12.4. The Balaban J connectivity index is 1.79. The minimum absolute atomic E-state index is 0.729. The molecular formula is C14H28N2. The smallest absolute Gasteiger partial charge is 0.0113 e. The molecule has 2 atom stereocenters. The molecule has 0 radical (unpaired) electrons. The van der Waals surface area contributed by atoms with E-state index in [9.17, 15) is 0 Å². The molecule has 1 heterocycles. The Kier molecular flexibility index (Phi) is 4.26. The van der Waals surface area contributed by atoms with Crippen LogP contribution in [0, 0.1) is 5.92 Å². The quantitative estimate of drug-likeness (QED) is 0.711.